The molecule has 2 N–H and O–H groups in total. The molecule has 21 heavy (non-hydrogen) atoms. The molecule has 1 saturated heterocycles. The predicted octanol–water partition coefficient (Wildman–Crippen LogP) is -0.533. The fraction of sp³-hybridized carbons (Fsp3) is 0.846. The highest BCUT2D eigenvalue weighted by atomic mass is 32.2. The molecule has 7 nitrogen and oxygen atoms in total. The van der Waals surface area contributed by atoms with Crippen LogP contribution in [-0.2, 0) is 24.2 Å². The second-order valence-corrected chi connectivity index (χ2v) is 8.26. The minimum Gasteiger partial charge on any atom is -0.468 e. The molecule has 1 fully saturated rings. The first kappa shape index (κ1) is 17.9. The Balaban J connectivity index is 2.52. The molecule has 2 unspecified atom stereocenters. The van der Waals surface area contributed by atoms with Gasteiger partial charge in [-0.25, -0.2) is 8.42 Å². The van der Waals surface area contributed by atoms with E-state index in [1.165, 1.54) is 7.11 Å². The molecule has 1 aliphatic heterocycles. The van der Waals surface area contributed by atoms with Gasteiger partial charge in [-0.1, -0.05) is 13.8 Å². The fourth-order valence-electron chi connectivity index (χ4n) is 2.41. The van der Waals surface area contributed by atoms with Crippen LogP contribution >= 0.6 is 0 Å². The Hall–Kier alpha value is -1.15. The van der Waals surface area contributed by atoms with E-state index in [0.717, 1.165) is 0 Å². The van der Waals surface area contributed by atoms with Crippen LogP contribution in [0.2, 0.25) is 0 Å². The van der Waals surface area contributed by atoms with Gasteiger partial charge >= 0.3 is 5.97 Å². The maximum Gasteiger partial charge on any atom is 0.323 e. The van der Waals surface area contributed by atoms with Gasteiger partial charge in [0.1, 0.15) is 6.04 Å². The number of carbonyl (C=O) groups is 2. The van der Waals surface area contributed by atoms with Gasteiger partial charge in [-0.15, -0.1) is 0 Å². The molecule has 0 aromatic rings. The van der Waals surface area contributed by atoms with Crippen molar-refractivity contribution in [2.24, 2.45) is 5.92 Å². The van der Waals surface area contributed by atoms with Gasteiger partial charge in [0.05, 0.1) is 30.7 Å². The number of nitrogens with one attached hydrogen (secondary N) is 2. The van der Waals surface area contributed by atoms with Gasteiger partial charge in [0.15, 0.2) is 9.84 Å². The van der Waals surface area contributed by atoms with Crippen molar-refractivity contribution >= 4 is 21.7 Å². The lowest BCUT2D eigenvalue weighted by molar-refractivity contribution is -0.144. The highest BCUT2D eigenvalue weighted by Crippen LogP contribution is 2.22. The fourth-order valence-corrected chi connectivity index (χ4v) is 4.50. The van der Waals surface area contributed by atoms with Gasteiger partial charge < -0.3 is 10.1 Å². The van der Waals surface area contributed by atoms with Gasteiger partial charge in [0, 0.05) is 0 Å². The highest BCUT2D eigenvalue weighted by molar-refractivity contribution is 7.91. The molecule has 122 valence electrons. The number of ether oxygens (including phenoxy) is 1. The van der Waals surface area contributed by atoms with Crippen LogP contribution in [0.3, 0.4) is 0 Å². The maximum atomic E-state index is 11.9. The Morgan fingerprint density at radius 2 is 1.95 bits per heavy atom. The lowest BCUT2D eigenvalue weighted by Crippen LogP contribution is -2.52. The third kappa shape index (κ3) is 5.28. The van der Waals surface area contributed by atoms with Gasteiger partial charge in [-0.2, -0.15) is 0 Å². The molecular weight excluding hydrogens is 296 g/mol. The smallest absolute Gasteiger partial charge is 0.323 e. The van der Waals surface area contributed by atoms with Gasteiger partial charge in [-0.05, 0) is 19.3 Å². The molecule has 0 aromatic heterocycles. The monoisotopic (exact) mass is 320 g/mol. The van der Waals surface area contributed by atoms with Crippen LogP contribution in [0, 0.1) is 5.92 Å². The van der Waals surface area contributed by atoms with E-state index in [2.05, 4.69) is 15.4 Å². The lowest BCUT2D eigenvalue weighted by Gasteiger charge is -2.25. The second kappa shape index (κ2) is 6.74. The topological polar surface area (TPSA) is 102 Å². The quantitative estimate of drug-likeness (QED) is 0.638. The van der Waals surface area contributed by atoms with Crippen LogP contribution in [0.25, 0.3) is 0 Å². The number of sulfone groups is 1. The Kier molecular flexibility index (Phi) is 5.75. The standard InChI is InChI=1S/C13H24N2O5S/c1-9(2)11(12(17)20-4)14-7-10(16)15-13(3)5-6-21(18,19)8-13/h9,11,14H,5-8H2,1-4H3,(H,15,16). The molecule has 1 aliphatic rings. The summed E-state index contributed by atoms with van der Waals surface area (Å²) in [5, 5.41) is 5.57. The molecule has 0 spiro atoms. The summed E-state index contributed by atoms with van der Waals surface area (Å²) in [6.07, 6.45) is 0.408. The summed E-state index contributed by atoms with van der Waals surface area (Å²) in [4.78, 5) is 23.5. The Morgan fingerprint density at radius 3 is 2.38 bits per heavy atom. The van der Waals surface area contributed by atoms with Crippen LogP contribution in [-0.4, -0.2) is 57.0 Å². The van der Waals surface area contributed by atoms with Crippen molar-refractivity contribution in [3.8, 4) is 0 Å². The SMILES string of the molecule is COC(=O)C(NCC(=O)NC1(C)CCS(=O)(=O)C1)C(C)C. The molecule has 1 heterocycles. The van der Waals surface area contributed by atoms with Crippen molar-refractivity contribution in [1.82, 2.24) is 10.6 Å². The zero-order chi connectivity index (χ0) is 16.3. The van der Waals surface area contributed by atoms with Crippen LogP contribution in [0.5, 0.6) is 0 Å². The molecule has 1 amide bonds. The van der Waals surface area contributed by atoms with Crippen molar-refractivity contribution in [2.45, 2.75) is 38.8 Å². The Bertz CT molecular complexity index is 503. The van der Waals surface area contributed by atoms with Crippen molar-refractivity contribution in [1.29, 1.82) is 0 Å². The molecule has 0 aliphatic carbocycles. The summed E-state index contributed by atoms with van der Waals surface area (Å²) in [7, 11) is -1.78. The first-order valence-electron chi connectivity index (χ1n) is 6.91. The number of esters is 1. The number of hydrogen-bond acceptors (Lipinski definition) is 6. The zero-order valence-corrected chi connectivity index (χ0v) is 13.7. The molecule has 0 aromatic carbocycles. The van der Waals surface area contributed by atoms with Crippen LogP contribution in [0.4, 0.5) is 0 Å². The van der Waals surface area contributed by atoms with E-state index in [-0.39, 0.29) is 29.9 Å². The Labute approximate surface area is 125 Å². The summed E-state index contributed by atoms with van der Waals surface area (Å²) < 4.78 is 27.6. The minimum atomic E-state index is -3.07. The largest absolute Gasteiger partial charge is 0.468 e. The van der Waals surface area contributed by atoms with E-state index in [1.54, 1.807) is 6.92 Å². The third-order valence-corrected chi connectivity index (χ3v) is 5.45. The summed E-state index contributed by atoms with van der Waals surface area (Å²) >= 11 is 0. The maximum absolute atomic E-state index is 11.9. The lowest BCUT2D eigenvalue weighted by atomic mass is 10.0. The normalized spacial score (nSPS) is 25.6. The van der Waals surface area contributed by atoms with Gasteiger partial charge in [-0.3, -0.25) is 14.9 Å². The first-order valence-corrected chi connectivity index (χ1v) is 8.73. The molecule has 0 saturated carbocycles. The minimum absolute atomic E-state index is 0.0207. The Morgan fingerprint density at radius 1 is 1.33 bits per heavy atom. The van der Waals surface area contributed by atoms with E-state index >= 15 is 0 Å². The number of methoxy groups -OCH3 is 1. The summed E-state index contributed by atoms with van der Waals surface area (Å²) in [5.74, 6) is -0.728. The first-order chi connectivity index (χ1) is 9.58. The number of hydrogen-bond donors (Lipinski definition) is 2. The van der Waals surface area contributed by atoms with E-state index in [9.17, 15) is 18.0 Å². The summed E-state index contributed by atoms with van der Waals surface area (Å²) in [6, 6.07) is -0.569. The second-order valence-electron chi connectivity index (χ2n) is 6.08. The number of carbonyl (C=O) groups excluding carboxylic acids is 2. The number of amides is 1. The van der Waals surface area contributed by atoms with Crippen molar-refractivity contribution in [3.05, 3.63) is 0 Å². The molecule has 1 rings (SSSR count). The molecule has 0 bridgehead atoms. The highest BCUT2D eigenvalue weighted by Gasteiger charge is 2.39. The van der Waals surface area contributed by atoms with E-state index in [0.29, 0.717) is 6.42 Å². The van der Waals surface area contributed by atoms with Crippen LogP contribution in [0.15, 0.2) is 0 Å². The molecule has 2 atom stereocenters. The van der Waals surface area contributed by atoms with Crippen molar-refractivity contribution < 1.29 is 22.7 Å². The van der Waals surface area contributed by atoms with Crippen LogP contribution < -0.4 is 10.6 Å². The van der Waals surface area contributed by atoms with E-state index in [4.69, 9.17) is 0 Å². The summed E-state index contributed by atoms with van der Waals surface area (Å²) in [5.41, 5.74) is -0.726. The van der Waals surface area contributed by atoms with Crippen LogP contribution in [0.1, 0.15) is 27.2 Å². The summed E-state index contributed by atoms with van der Waals surface area (Å²) in [6.45, 7) is 5.35. The molecular formula is C13H24N2O5S. The molecule has 0 radical (unpaired) electrons. The van der Waals surface area contributed by atoms with E-state index < -0.39 is 27.4 Å². The van der Waals surface area contributed by atoms with E-state index in [1.807, 2.05) is 13.8 Å². The van der Waals surface area contributed by atoms with Gasteiger partial charge in [0.2, 0.25) is 5.91 Å². The van der Waals surface area contributed by atoms with Crippen molar-refractivity contribution in [3.63, 3.8) is 0 Å². The predicted molar refractivity (Wildman–Crippen MR) is 78.5 cm³/mol. The molecule has 8 heteroatoms. The average molecular weight is 320 g/mol. The third-order valence-electron chi connectivity index (χ3n) is 3.55. The van der Waals surface area contributed by atoms with Crippen molar-refractivity contribution in [2.75, 3.05) is 25.2 Å². The zero-order valence-electron chi connectivity index (χ0n) is 12.9. The van der Waals surface area contributed by atoms with Gasteiger partial charge in [0.25, 0.3) is 0 Å². The average Bonchev–Trinajstić information content (AvgIpc) is 2.62. The number of rotatable bonds is 6.